The molecule has 0 heterocycles. The molecule has 1 unspecified atom stereocenters. The van der Waals surface area contributed by atoms with Crippen molar-refractivity contribution in [3.8, 4) is 0 Å². The Morgan fingerprint density at radius 1 is 1.08 bits per heavy atom. The van der Waals surface area contributed by atoms with Crippen LogP contribution in [-0.2, 0) is 32.3 Å². The number of nitrogens with one attached hydrogen (secondary N) is 1. The maximum atomic E-state index is 13.2. The topological polar surface area (TPSA) is 86.8 Å². The van der Waals surface area contributed by atoms with Gasteiger partial charge in [-0.05, 0) is 50.5 Å². The second-order valence-corrected chi connectivity index (χ2v) is 10.9. The summed E-state index contributed by atoms with van der Waals surface area (Å²) in [6, 6.07) is 10.8. The van der Waals surface area contributed by atoms with Crippen LogP contribution in [0.5, 0.6) is 0 Å². The van der Waals surface area contributed by atoms with Gasteiger partial charge in [0.1, 0.15) is 6.04 Å². The number of rotatable bonds is 12. The van der Waals surface area contributed by atoms with E-state index in [1.165, 1.54) is 11.0 Å². The van der Waals surface area contributed by atoms with Gasteiger partial charge in [0.2, 0.25) is 21.8 Å². The third kappa shape index (κ3) is 9.07. The molecule has 11 heteroatoms. The van der Waals surface area contributed by atoms with Gasteiger partial charge in [0.15, 0.2) is 0 Å². The summed E-state index contributed by atoms with van der Waals surface area (Å²) in [6.45, 7) is 5.94. The Kier molecular flexibility index (Phi) is 10.5. The molecule has 0 radical (unpaired) electrons. The maximum absolute atomic E-state index is 13.2. The molecule has 0 saturated heterocycles. The van der Waals surface area contributed by atoms with Crippen LogP contribution >= 0.6 is 0 Å². The highest BCUT2D eigenvalue weighted by Crippen LogP contribution is 2.32. The first-order valence-electron chi connectivity index (χ1n) is 12.0. The molecule has 0 fully saturated rings. The number of nitrogens with zero attached hydrogens (tertiary/aromatic N) is 2. The molecule has 2 aromatic rings. The summed E-state index contributed by atoms with van der Waals surface area (Å²) in [4.78, 5) is 27.3. The van der Waals surface area contributed by atoms with Crippen LogP contribution in [-0.4, -0.2) is 50.5 Å². The van der Waals surface area contributed by atoms with Crippen molar-refractivity contribution in [3.05, 3.63) is 65.2 Å². The Bertz CT molecular complexity index is 1170. The van der Waals surface area contributed by atoms with Crippen molar-refractivity contribution in [2.45, 2.75) is 58.8 Å². The molecule has 1 atom stereocenters. The number of amides is 2. The minimum atomic E-state index is -4.62. The van der Waals surface area contributed by atoms with Crippen molar-refractivity contribution >= 4 is 27.5 Å². The van der Waals surface area contributed by atoms with E-state index in [0.29, 0.717) is 6.54 Å². The molecular weight excluding hydrogens is 507 g/mol. The van der Waals surface area contributed by atoms with E-state index < -0.39 is 27.8 Å². The Morgan fingerprint density at radius 2 is 1.73 bits per heavy atom. The number of hydrogen-bond acceptors (Lipinski definition) is 4. The minimum absolute atomic E-state index is 0.0514. The van der Waals surface area contributed by atoms with Gasteiger partial charge >= 0.3 is 6.18 Å². The summed E-state index contributed by atoms with van der Waals surface area (Å²) in [5, 5.41) is 2.78. The average molecular weight is 542 g/mol. The number of carbonyl (C=O) groups excluding carboxylic acids is 2. The normalized spacial score (nSPS) is 12.6. The predicted octanol–water partition coefficient (Wildman–Crippen LogP) is 4.50. The van der Waals surface area contributed by atoms with Crippen LogP contribution in [0.1, 0.15) is 49.8 Å². The largest absolute Gasteiger partial charge is 0.416 e. The van der Waals surface area contributed by atoms with Crippen LogP contribution in [0.4, 0.5) is 18.9 Å². The minimum Gasteiger partial charge on any atom is -0.354 e. The van der Waals surface area contributed by atoms with Crippen LogP contribution in [0.25, 0.3) is 0 Å². The van der Waals surface area contributed by atoms with Gasteiger partial charge in [-0.1, -0.05) is 42.8 Å². The summed E-state index contributed by atoms with van der Waals surface area (Å²) in [5.41, 5.74) is 0.779. The molecule has 37 heavy (non-hydrogen) atoms. The zero-order chi connectivity index (χ0) is 27.8. The molecule has 0 aliphatic heterocycles. The highest BCUT2D eigenvalue weighted by atomic mass is 32.2. The van der Waals surface area contributed by atoms with Crippen molar-refractivity contribution in [2.75, 3.05) is 23.7 Å². The second kappa shape index (κ2) is 12.9. The van der Waals surface area contributed by atoms with Gasteiger partial charge in [0, 0.05) is 26.1 Å². The number of halogens is 3. The lowest BCUT2D eigenvalue weighted by Gasteiger charge is -2.29. The van der Waals surface area contributed by atoms with Crippen LogP contribution < -0.4 is 9.62 Å². The Morgan fingerprint density at radius 3 is 2.30 bits per heavy atom. The van der Waals surface area contributed by atoms with E-state index in [0.717, 1.165) is 46.3 Å². The molecule has 2 amide bonds. The van der Waals surface area contributed by atoms with Crippen molar-refractivity contribution in [3.63, 3.8) is 0 Å². The third-order valence-corrected chi connectivity index (χ3v) is 7.00. The van der Waals surface area contributed by atoms with E-state index in [9.17, 15) is 31.2 Å². The van der Waals surface area contributed by atoms with Crippen molar-refractivity contribution in [1.29, 1.82) is 0 Å². The van der Waals surface area contributed by atoms with Gasteiger partial charge in [0.25, 0.3) is 0 Å². The van der Waals surface area contributed by atoms with E-state index in [-0.39, 0.29) is 43.4 Å². The molecule has 0 aliphatic rings. The molecule has 0 aromatic heterocycles. The van der Waals surface area contributed by atoms with E-state index in [4.69, 9.17) is 0 Å². The average Bonchev–Trinajstić information content (AvgIpc) is 2.83. The number of alkyl halides is 3. The number of anilines is 1. The molecule has 1 N–H and O–H groups in total. The summed E-state index contributed by atoms with van der Waals surface area (Å²) in [5.74, 6) is -0.666. The Hall–Kier alpha value is -3.08. The van der Waals surface area contributed by atoms with Crippen LogP contribution in [0, 0.1) is 6.92 Å². The van der Waals surface area contributed by atoms with Gasteiger partial charge in [0.05, 0.1) is 17.5 Å². The first-order chi connectivity index (χ1) is 17.2. The molecule has 0 bridgehead atoms. The van der Waals surface area contributed by atoms with Crippen LogP contribution in [0.15, 0.2) is 48.5 Å². The van der Waals surface area contributed by atoms with Gasteiger partial charge in [-0.15, -0.1) is 0 Å². The number of sulfonamides is 1. The Labute approximate surface area is 216 Å². The molecule has 0 saturated carbocycles. The molecule has 0 spiro atoms. The number of benzene rings is 2. The predicted molar refractivity (Wildman–Crippen MR) is 137 cm³/mol. The summed E-state index contributed by atoms with van der Waals surface area (Å²) in [6.07, 6.45) is -3.03. The monoisotopic (exact) mass is 541 g/mol. The summed E-state index contributed by atoms with van der Waals surface area (Å²) < 4.78 is 65.0. The van der Waals surface area contributed by atoms with Crippen LogP contribution in [0.2, 0.25) is 0 Å². The molecule has 2 rings (SSSR count). The Balaban J connectivity index is 2.19. The number of aryl methyl sites for hydroxylation is 1. The molecule has 2 aromatic carbocycles. The lowest BCUT2D eigenvalue weighted by molar-refractivity contribution is -0.140. The van der Waals surface area contributed by atoms with Crippen molar-refractivity contribution in [2.24, 2.45) is 0 Å². The zero-order valence-electron chi connectivity index (χ0n) is 21.5. The molecule has 0 aliphatic carbocycles. The lowest BCUT2D eigenvalue weighted by atomic mass is 10.1. The molecule has 7 nitrogen and oxygen atoms in total. The van der Waals surface area contributed by atoms with Crippen LogP contribution in [0.3, 0.4) is 0 Å². The third-order valence-electron chi connectivity index (χ3n) is 5.80. The first kappa shape index (κ1) is 30.1. The standard InChI is InChI=1S/C26H34F3N3O4S/c1-5-15-30-25(34)20(3)31(18-21-13-11-19(2)12-14-21)24(33)10-7-16-32(37(4,35)36)23-9-6-8-22(17-23)26(27,28)29/h6,8-9,11-14,17,20H,5,7,10,15-16,18H2,1-4H3,(H,30,34). The highest BCUT2D eigenvalue weighted by molar-refractivity contribution is 7.92. The molecular formula is C26H34F3N3O4S. The smallest absolute Gasteiger partial charge is 0.354 e. The zero-order valence-corrected chi connectivity index (χ0v) is 22.3. The molecule has 204 valence electrons. The van der Waals surface area contributed by atoms with Crippen molar-refractivity contribution in [1.82, 2.24) is 10.2 Å². The highest BCUT2D eigenvalue weighted by Gasteiger charge is 2.32. The lowest BCUT2D eigenvalue weighted by Crippen LogP contribution is -2.47. The first-order valence-corrected chi connectivity index (χ1v) is 13.9. The van der Waals surface area contributed by atoms with Gasteiger partial charge in [-0.3, -0.25) is 13.9 Å². The van der Waals surface area contributed by atoms with E-state index >= 15 is 0 Å². The number of carbonyl (C=O) groups is 2. The fourth-order valence-corrected chi connectivity index (χ4v) is 4.67. The van der Waals surface area contributed by atoms with Gasteiger partial charge < -0.3 is 10.2 Å². The fraction of sp³-hybridized carbons (Fsp3) is 0.462. The van der Waals surface area contributed by atoms with Crippen molar-refractivity contribution < 1.29 is 31.2 Å². The second-order valence-electron chi connectivity index (χ2n) is 8.96. The maximum Gasteiger partial charge on any atom is 0.416 e. The SMILES string of the molecule is CCCNC(=O)C(C)N(Cc1ccc(C)cc1)C(=O)CCCN(c1cccc(C(F)(F)F)c1)S(C)(=O)=O. The summed E-state index contributed by atoms with van der Waals surface area (Å²) >= 11 is 0. The quantitative estimate of drug-likeness (QED) is 0.429. The van der Waals surface area contributed by atoms with Gasteiger partial charge in [-0.25, -0.2) is 8.42 Å². The van der Waals surface area contributed by atoms with E-state index in [2.05, 4.69) is 5.32 Å². The van der Waals surface area contributed by atoms with E-state index in [1.807, 2.05) is 38.1 Å². The van der Waals surface area contributed by atoms with Gasteiger partial charge in [-0.2, -0.15) is 13.2 Å². The summed E-state index contributed by atoms with van der Waals surface area (Å²) in [7, 11) is -3.91. The fourth-order valence-electron chi connectivity index (χ4n) is 3.71. The van der Waals surface area contributed by atoms with E-state index in [1.54, 1.807) is 6.92 Å². The number of hydrogen-bond donors (Lipinski definition) is 1.